The lowest BCUT2D eigenvalue weighted by Crippen LogP contribution is -2.38. The van der Waals surface area contributed by atoms with E-state index in [2.05, 4.69) is 4.72 Å². The third-order valence-corrected chi connectivity index (χ3v) is 7.15. The van der Waals surface area contributed by atoms with E-state index >= 15 is 0 Å². The molecular weight excluding hydrogens is 290 g/mol. The smallest absolute Gasteiger partial charge is 0.214 e. The molecule has 2 saturated carbocycles. The monoisotopic (exact) mass is 317 g/mol. The average molecular weight is 317 g/mol. The van der Waals surface area contributed by atoms with Gasteiger partial charge in [-0.3, -0.25) is 0 Å². The first-order chi connectivity index (χ1) is 10.1. The highest BCUT2D eigenvalue weighted by molar-refractivity contribution is 7.90. The molecule has 0 aromatic heterocycles. The van der Waals surface area contributed by atoms with Crippen molar-refractivity contribution in [1.82, 2.24) is 4.72 Å². The summed E-state index contributed by atoms with van der Waals surface area (Å²) in [6.07, 6.45) is 7.50. The number of nitrogens with one attached hydrogen (secondary N) is 1. The first-order valence-electron chi connectivity index (χ1n) is 8.33. The van der Waals surface area contributed by atoms with Crippen molar-refractivity contribution >= 4 is 10.0 Å². The molecule has 21 heavy (non-hydrogen) atoms. The highest BCUT2D eigenvalue weighted by Gasteiger charge is 2.45. The largest absolute Gasteiger partial charge is 0.379 e. The number of rotatable bonds is 8. The lowest BCUT2D eigenvalue weighted by molar-refractivity contribution is 0.0169. The van der Waals surface area contributed by atoms with Gasteiger partial charge in [0.25, 0.3) is 0 Å². The van der Waals surface area contributed by atoms with E-state index in [9.17, 15) is 8.42 Å². The molecule has 3 fully saturated rings. The van der Waals surface area contributed by atoms with Crippen LogP contribution >= 0.6 is 0 Å². The molecule has 4 unspecified atom stereocenters. The molecule has 4 atom stereocenters. The molecular formula is C15H27NO4S. The molecule has 122 valence electrons. The summed E-state index contributed by atoms with van der Waals surface area (Å²) in [7, 11) is -3.12. The average Bonchev–Trinajstić information content (AvgIpc) is 3.19. The Labute approximate surface area is 127 Å². The fourth-order valence-electron chi connectivity index (χ4n) is 4.05. The molecule has 0 radical (unpaired) electrons. The molecule has 0 amide bonds. The van der Waals surface area contributed by atoms with Crippen LogP contribution < -0.4 is 4.72 Å². The molecule has 1 heterocycles. The van der Waals surface area contributed by atoms with Crippen LogP contribution in [-0.4, -0.2) is 46.1 Å². The van der Waals surface area contributed by atoms with E-state index in [1.807, 2.05) is 0 Å². The lowest BCUT2D eigenvalue weighted by atomic mass is 10.0. The lowest BCUT2D eigenvalue weighted by Gasteiger charge is -2.22. The van der Waals surface area contributed by atoms with Gasteiger partial charge in [-0.25, -0.2) is 13.1 Å². The predicted molar refractivity (Wildman–Crippen MR) is 80.6 cm³/mol. The molecule has 1 aliphatic heterocycles. The Balaban J connectivity index is 1.29. The zero-order valence-corrected chi connectivity index (χ0v) is 13.4. The quantitative estimate of drug-likeness (QED) is 0.692. The molecule has 0 aromatic rings. The highest BCUT2D eigenvalue weighted by Crippen LogP contribution is 2.47. The van der Waals surface area contributed by atoms with Crippen LogP contribution in [0, 0.1) is 11.8 Å². The highest BCUT2D eigenvalue weighted by atomic mass is 32.2. The van der Waals surface area contributed by atoms with Crippen LogP contribution in [0.15, 0.2) is 0 Å². The van der Waals surface area contributed by atoms with Crippen molar-refractivity contribution in [2.75, 3.05) is 26.4 Å². The number of sulfonamides is 1. The van der Waals surface area contributed by atoms with Crippen LogP contribution in [-0.2, 0) is 19.5 Å². The normalized spacial score (nSPS) is 35.6. The number of fused-ring (bicyclic) bond motifs is 2. The molecule has 1 N–H and O–H groups in total. The first kappa shape index (κ1) is 15.7. The number of hydrogen-bond acceptors (Lipinski definition) is 4. The van der Waals surface area contributed by atoms with Crippen molar-refractivity contribution in [3.63, 3.8) is 0 Å². The van der Waals surface area contributed by atoms with Gasteiger partial charge in [0, 0.05) is 19.8 Å². The number of hydrogen-bond donors (Lipinski definition) is 1. The van der Waals surface area contributed by atoms with E-state index in [0.29, 0.717) is 31.6 Å². The van der Waals surface area contributed by atoms with Crippen molar-refractivity contribution in [1.29, 1.82) is 0 Å². The van der Waals surface area contributed by atoms with Crippen molar-refractivity contribution in [3.05, 3.63) is 0 Å². The Morgan fingerprint density at radius 3 is 2.76 bits per heavy atom. The van der Waals surface area contributed by atoms with Gasteiger partial charge >= 0.3 is 0 Å². The van der Waals surface area contributed by atoms with E-state index in [-0.39, 0.29) is 11.4 Å². The third-order valence-electron chi connectivity index (χ3n) is 5.17. The van der Waals surface area contributed by atoms with Gasteiger partial charge in [0.1, 0.15) is 0 Å². The van der Waals surface area contributed by atoms with Crippen molar-refractivity contribution in [2.24, 2.45) is 11.8 Å². The molecule has 0 spiro atoms. The van der Waals surface area contributed by atoms with Gasteiger partial charge in [0.15, 0.2) is 0 Å². The zero-order valence-electron chi connectivity index (χ0n) is 12.6. The van der Waals surface area contributed by atoms with E-state index < -0.39 is 10.0 Å². The van der Waals surface area contributed by atoms with Crippen LogP contribution in [0.5, 0.6) is 0 Å². The fraction of sp³-hybridized carbons (Fsp3) is 1.00. The topological polar surface area (TPSA) is 64.6 Å². The van der Waals surface area contributed by atoms with E-state index in [1.165, 1.54) is 6.42 Å². The van der Waals surface area contributed by atoms with Crippen molar-refractivity contribution in [2.45, 2.75) is 56.3 Å². The van der Waals surface area contributed by atoms with Gasteiger partial charge < -0.3 is 9.47 Å². The SMILES string of the molecule is O=S(=O)(NCCCOCC1CCCO1)C1CC2CCC1C2. The van der Waals surface area contributed by atoms with Gasteiger partial charge in [-0.05, 0) is 50.4 Å². The summed E-state index contributed by atoms with van der Waals surface area (Å²) in [6.45, 7) is 2.57. The minimum atomic E-state index is -3.12. The second-order valence-corrected chi connectivity index (χ2v) is 8.70. The molecule has 3 aliphatic rings. The van der Waals surface area contributed by atoms with E-state index in [1.54, 1.807) is 0 Å². The molecule has 2 bridgehead atoms. The Kier molecular flexibility index (Phi) is 5.19. The van der Waals surface area contributed by atoms with Crippen LogP contribution in [0.4, 0.5) is 0 Å². The van der Waals surface area contributed by atoms with Crippen LogP contribution in [0.2, 0.25) is 0 Å². The Hall–Kier alpha value is -0.170. The summed E-state index contributed by atoms with van der Waals surface area (Å²) in [5.41, 5.74) is 0. The van der Waals surface area contributed by atoms with Crippen molar-refractivity contribution in [3.8, 4) is 0 Å². The zero-order chi connectivity index (χ0) is 14.7. The van der Waals surface area contributed by atoms with Gasteiger partial charge in [0.2, 0.25) is 10.0 Å². The van der Waals surface area contributed by atoms with E-state index in [4.69, 9.17) is 9.47 Å². The maximum atomic E-state index is 12.3. The molecule has 6 heteroatoms. The summed E-state index contributed by atoms with van der Waals surface area (Å²) in [6, 6.07) is 0. The van der Waals surface area contributed by atoms with Gasteiger partial charge in [-0.1, -0.05) is 6.42 Å². The fourth-order valence-corrected chi connectivity index (χ4v) is 5.98. The molecule has 2 aliphatic carbocycles. The first-order valence-corrected chi connectivity index (χ1v) is 9.87. The Morgan fingerprint density at radius 2 is 2.10 bits per heavy atom. The number of ether oxygens (including phenoxy) is 2. The summed E-state index contributed by atoms with van der Waals surface area (Å²) in [4.78, 5) is 0. The second kappa shape index (κ2) is 6.94. The van der Waals surface area contributed by atoms with E-state index in [0.717, 1.165) is 45.1 Å². The predicted octanol–water partition coefficient (Wildman–Crippen LogP) is 1.68. The van der Waals surface area contributed by atoms with Gasteiger partial charge in [-0.2, -0.15) is 0 Å². The summed E-state index contributed by atoms with van der Waals surface area (Å²) in [5.74, 6) is 1.06. The van der Waals surface area contributed by atoms with Crippen LogP contribution in [0.1, 0.15) is 44.9 Å². The van der Waals surface area contributed by atoms with Crippen LogP contribution in [0.3, 0.4) is 0 Å². The molecule has 3 rings (SSSR count). The standard InChI is InChI=1S/C15H27NO4S/c17-21(18,15-10-12-4-5-13(15)9-12)16-6-2-7-19-11-14-3-1-8-20-14/h12-16H,1-11H2. The van der Waals surface area contributed by atoms with Crippen LogP contribution in [0.25, 0.3) is 0 Å². The molecule has 5 nitrogen and oxygen atoms in total. The summed E-state index contributed by atoms with van der Waals surface area (Å²) < 4.78 is 38.4. The summed E-state index contributed by atoms with van der Waals surface area (Å²) in [5, 5.41) is -0.135. The Bertz CT molecular complexity index is 433. The van der Waals surface area contributed by atoms with Crippen molar-refractivity contribution < 1.29 is 17.9 Å². The third kappa shape index (κ3) is 3.97. The van der Waals surface area contributed by atoms with Gasteiger partial charge in [0.05, 0.1) is 18.0 Å². The minimum Gasteiger partial charge on any atom is -0.379 e. The minimum absolute atomic E-state index is 0.135. The summed E-state index contributed by atoms with van der Waals surface area (Å²) >= 11 is 0. The molecule has 1 saturated heterocycles. The Morgan fingerprint density at radius 1 is 1.19 bits per heavy atom. The second-order valence-electron chi connectivity index (χ2n) is 6.72. The maximum absolute atomic E-state index is 12.3. The maximum Gasteiger partial charge on any atom is 0.214 e. The molecule has 0 aromatic carbocycles. The van der Waals surface area contributed by atoms with Gasteiger partial charge in [-0.15, -0.1) is 0 Å².